The third-order valence-corrected chi connectivity index (χ3v) is 6.14. The zero-order valence-electron chi connectivity index (χ0n) is 16.1. The first-order chi connectivity index (χ1) is 12.5. The van der Waals surface area contributed by atoms with Crippen LogP contribution in [0.25, 0.3) is 0 Å². The summed E-state index contributed by atoms with van der Waals surface area (Å²) in [6.45, 7) is 0.727. The second-order valence-corrected chi connectivity index (χ2v) is 8.16. The SMILES string of the molecule is CO/N=C(\C(=O)NC1C[N+]([O-])(S(=O)(=O)O)C1C)c1csc(NC(=O)CCl)n1.[H-].[Na+]. The zero-order chi connectivity index (χ0) is 20.4. The maximum Gasteiger partial charge on any atom is 1.00 e. The number of aromatic nitrogens is 1. The number of nitrogens with zero attached hydrogens (tertiary/aromatic N) is 3. The van der Waals surface area contributed by atoms with Gasteiger partial charge in [-0.1, -0.05) is 5.16 Å². The van der Waals surface area contributed by atoms with Crippen molar-refractivity contribution < 1.29 is 62.4 Å². The fraction of sp³-hybridized carbons (Fsp3) is 0.500. The summed E-state index contributed by atoms with van der Waals surface area (Å²) in [5.74, 6) is -1.52. The Morgan fingerprint density at radius 1 is 1.61 bits per heavy atom. The number of hydroxylamine groups is 2. The molecule has 2 heterocycles. The van der Waals surface area contributed by atoms with Crippen molar-refractivity contribution in [3.05, 3.63) is 16.3 Å². The van der Waals surface area contributed by atoms with E-state index in [-0.39, 0.29) is 53.4 Å². The van der Waals surface area contributed by atoms with Crippen molar-refractivity contribution in [2.24, 2.45) is 5.16 Å². The molecule has 1 fully saturated rings. The van der Waals surface area contributed by atoms with Crippen molar-refractivity contribution in [2.75, 3.05) is 24.9 Å². The molecule has 152 valence electrons. The van der Waals surface area contributed by atoms with Crippen LogP contribution < -0.4 is 40.2 Å². The summed E-state index contributed by atoms with van der Waals surface area (Å²) in [6.07, 6.45) is 0. The monoisotopic (exact) mass is 465 g/mol. The van der Waals surface area contributed by atoms with E-state index in [0.29, 0.717) is 0 Å². The van der Waals surface area contributed by atoms with Gasteiger partial charge in [0.15, 0.2) is 10.8 Å². The van der Waals surface area contributed by atoms with E-state index in [2.05, 4.69) is 25.6 Å². The number of hydrogen-bond donors (Lipinski definition) is 3. The maximum absolute atomic E-state index is 12.4. The molecule has 0 bridgehead atoms. The molecule has 0 aliphatic carbocycles. The minimum Gasteiger partial charge on any atom is -1.00 e. The number of hydrogen-bond acceptors (Lipinski definition) is 9. The van der Waals surface area contributed by atoms with E-state index < -0.39 is 44.8 Å². The van der Waals surface area contributed by atoms with E-state index in [4.69, 9.17) is 16.2 Å². The number of quaternary nitrogens is 1. The number of thiazole rings is 1. The van der Waals surface area contributed by atoms with E-state index in [1.807, 2.05) is 0 Å². The molecule has 3 N–H and O–H groups in total. The Morgan fingerprint density at radius 2 is 2.25 bits per heavy atom. The molecule has 3 unspecified atom stereocenters. The van der Waals surface area contributed by atoms with Gasteiger partial charge in [0.2, 0.25) is 5.91 Å². The van der Waals surface area contributed by atoms with Gasteiger partial charge in [-0.3, -0.25) is 9.59 Å². The quantitative estimate of drug-likeness (QED) is 0.0718. The van der Waals surface area contributed by atoms with Gasteiger partial charge in [-0.15, -0.1) is 31.4 Å². The Balaban J connectivity index is 0.00000392. The third-order valence-electron chi connectivity index (χ3n) is 3.87. The average molecular weight is 466 g/mol. The van der Waals surface area contributed by atoms with Crippen LogP contribution >= 0.6 is 22.9 Å². The molecule has 0 spiro atoms. The second-order valence-electron chi connectivity index (χ2n) is 5.52. The molecule has 2 rings (SSSR count). The molecular formula is C12H17ClN5NaO7S2. The number of nitrogens with one attached hydrogen (secondary N) is 2. The fourth-order valence-corrected chi connectivity index (χ4v) is 4.02. The molecule has 0 radical (unpaired) electrons. The van der Waals surface area contributed by atoms with Gasteiger partial charge in [0, 0.05) is 5.38 Å². The summed E-state index contributed by atoms with van der Waals surface area (Å²) in [7, 11) is -3.65. The largest absolute Gasteiger partial charge is 1.00 e. The molecule has 1 aromatic heterocycles. The number of anilines is 1. The number of carbonyl (C=O) groups excluding carboxylic acids is 2. The van der Waals surface area contributed by atoms with Gasteiger partial charge in [0.05, 0.1) is 0 Å². The standard InChI is InChI=1S/C12H16ClN5O7S2.Na.H/c1-6-7(4-18(6,21)27(22,23)24)14-11(20)10(17-25-2)8-5-26-12(15-8)16-9(19)3-13;;/h5-7H,3-4H2,1-2H3,(H,14,20)(H,15,16,19)(H,22,23,24);;/q;+1;-1/b17-10-;;. The van der Waals surface area contributed by atoms with Crippen LogP contribution in [0.3, 0.4) is 0 Å². The zero-order valence-corrected chi connectivity index (χ0v) is 19.5. The summed E-state index contributed by atoms with van der Waals surface area (Å²) in [4.78, 5) is 32.4. The molecule has 0 saturated carbocycles. The van der Waals surface area contributed by atoms with Gasteiger partial charge in [-0.2, -0.15) is 0 Å². The fourth-order valence-electron chi connectivity index (χ4n) is 2.32. The number of alkyl halides is 1. The Kier molecular flexibility index (Phi) is 8.80. The molecular weight excluding hydrogens is 449 g/mol. The van der Waals surface area contributed by atoms with Crippen molar-refractivity contribution in [2.45, 2.75) is 19.0 Å². The summed E-state index contributed by atoms with van der Waals surface area (Å²) in [5.41, 5.74) is -0.149. The van der Waals surface area contributed by atoms with Gasteiger partial charge in [-0.25, -0.2) is 13.6 Å². The first kappa shape index (κ1) is 25.2. The summed E-state index contributed by atoms with van der Waals surface area (Å²) < 4.78 is 29.5. The number of carbonyl (C=O) groups is 2. The minimum absolute atomic E-state index is 0. The van der Waals surface area contributed by atoms with Crippen LogP contribution in [0.5, 0.6) is 0 Å². The predicted molar refractivity (Wildman–Crippen MR) is 97.6 cm³/mol. The molecule has 2 amide bonds. The molecule has 1 aliphatic rings. The third kappa shape index (κ3) is 5.20. The number of amides is 2. The van der Waals surface area contributed by atoms with E-state index >= 15 is 0 Å². The normalized spacial score (nSPS) is 24.5. The van der Waals surface area contributed by atoms with Crippen molar-refractivity contribution in [3.8, 4) is 0 Å². The van der Waals surface area contributed by atoms with E-state index in [9.17, 15) is 23.2 Å². The van der Waals surface area contributed by atoms with Crippen molar-refractivity contribution in [3.63, 3.8) is 0 Å². The summed E-state index contributed by atoms with van der Waals surface area (Å²) in [5, 5.41) is 22.1. The van der Waals surface area contributed by atoms with E-state index in [1.165, 1.54) is 19.4 Å². The van der Waals surface area contributed by atoms with Crippen LogP contribution in [0.4, 0.5) is 5.13 Å². The molecule has 3 atom stereocenters. The van der Waals surface area contributed by atoms with Crippen molar-refractivity contribution in [1.29, 1.82) is 0 Å². The molecule has 0 aromatic carbocycles. The van der Waals surface area contributed by atoms with E-state index in [0.717, 1.165) is 11.3 Å². The Labute approximate surface area is 193 Å². The van der Waals surface area contributed by atoms with Crippen LogP contribution in [0.15, 0.2) is 10.5 Å². The Hall–Kier alpha value is -0.840. The van der Waals surface area contributed by atoms with Crippen LogP contribution in [0.1, 0.15) is 14.0 Å². The molecule has 1 aromatic rings. The predicted octanol–water partition coefficient (Wildman–Crippen LogP) is -3.21. The molecule has 1 aliphatic heterocycles. The molecule has 12 nitrogen and oxygen atoms in total. The Bertz CT molecular complexity index is 886. The second kappa shape index (κ2) is 9.77. The number of oxime groups is 1. The van der Waals surface area contributed by atoms with Gasteiger partial charge < -0.3 is 22.1 Å². The summed E-state index contributed by atoms with van der Waals surface area (Å²) >= 11 is 6.41. The van der Waals surface area contributed by atoms with Gasteiger partial charge in [-0.05, 0) is 6.92 Å². The van der Waals surface area contributed by atoms with E-state index in [1.54, 1.807) is 0 Å². The van der Waals surface area contributed by atoms with Gasteiger partial charge >= 0.3 is 39.9 Å². The van der Waals surface area contributed by atoms with Crippen LogP contribution in [0.2, 0.25) is 0 Å². The van der Waals surface area contributed by atoms with Crippen LogP contribution in [0, 0.1) is 5.21 Å². The average Bonchev–Trinajstić information content (AvgIpc) is 3.05. The first-order valence-electron chi connectivity index (χ1n) is 7.33. The number of halogens is 1. The molecule has 16 heteroatoms. The first-order valence-corrected chi connectivity index (χ1v) is 10.1. The van der Waals surface area contributed by atoms with Crippen molar-refractivity contribution >= 4 is 55.9 Å². The van der Waals surface area contributed by atoms with Crippen LogP contribution in [-0.2, 0) is 24.7 Å². The smallest absolute Gasteiger partial charge is 1.00 e. The molecule has 1 saturated heterocycles. The Morgan fingerprint density at radius 3 is 2.75 bits per heavy atom. The van der Waals surface area contributed by atoms with Crippen LogP contribution in [-0.4, -0.2) is 71.2 Å². The topological polar surface area (TPSA) is 170 Å². The minimum atomic E-state index is -4.86. The number of rotatable bonds is 7. The van der Waals surface area contributed by atoms with Gasteiger partial charge in [0.25, 0.3) is 5.91 Å². The van der Waals surface area contributed by atoms with Gasteiger partial charge in [0.1, 0.15) is 37.3 Å². The summed E-state index contributed by atoms with van der Waals surface area (Å²) in [6, 6.07) is -1.94. The molecule has 28 heavy (non-hydrogen) atoms. The van der Waals surface area contributed by atoms with Crippen molar-refractivity contribution in [1.82, 2.24) is 10.3 Å². The maximum atomic E-state index is 12.4.